The van der Waals surface area contributed by atoms with Crippen molar-refractivity contribution in [1.82, 2.24) is 9.88 Å². The molecular weight excluding hydrogens is 430 g/mol. The molecule has 0 aliphatic carbocycles. The molecule has 7 nitrogen and oxygen atoms in total. The molecule has 2 saturated heterocycles. The van der Waals surface area contributed by atoms with Crippen molar-refractivity contribution in [3.05, 3.63) is 63.0 Å². The van der Waals surface area contributed by atoms with Crippen molar-refractivity contribution < 1.29 is 14.3 Å². The van der Waals surface area contributed by atoms with Gasteiger partial charge in [-0.25, -0.2) is 0 Å². The number of hydrogen-bond acceptors (Lipinski definition) is 5. The minimum atomic E-state index is -0.393. The Hall–Kier alpha value is -2.64. The fourth-order valence-corrected chi connectivity index (χ4v) is 5.12. The van der Waals surface area contributed by atoms with Crippen LogP contribution < -0.4 is 15.8 Å². The second-order valence-electron chi connectivity index (χ2n) is 8.40. The van der Waals surface area contributed by atoms with Gasteiger partial charge in [0.2, 0.25) is 11.8 Å². The number of nitrogens with zero attached hydrogens (tertiary/aromatic N) is 2. The second kappa shape index (κ2) is 9.88. The molecule has 0 radical (unpaired) electrons. The van der Waals surface area contributed by atoms with Gasteiger partial charge in [-0.3, -0.25) is 19.7 Å². The van der Waals surface area contributed by atoms with Crippen LogP contribution in [0.15, 0.2) is 41.3 Å². The van der Waals surface area contributed by atoms with Crippen molar-refractivity contribution in [3.63, 3.8) is 0 Å². The highest BCUT2D eigenvalue weighted by Crippen LogP contribution is 2.39. The molecule has 2 aromatic rings. The third-order valence-electron chi connectivity index (χ3n) is 6.48. The van der Waals surface area contributed by atoms with Crippen LogP contribution in [0.5, 0.6) is 0 Å². The van der Waals surface area contributed by atoms with Crippen molar-refractivity contribution >= 4 is 29.1 Å². The van der Waals surface area contributed by atoms with Gasteiger partial charge in [0.15, 0.2) is 0 Å². The lowest BCUT2D eigenvalue weighted by molar-refractivity contribution is -0.134. The summed E-state index contributed by atoms with van der Waals surface area (Å²) < 4.78 is 6.78. The molecule has 3 heterocycles. The minimum Gasteiger partial charge on any atom is -0.383 e. The summed E-state index contributed by atoms with van der Waals surface area (Å²) in [7, 11) is 1.62. The van der Waals surface area contributed by atoms with E-state index in [0.717, 1.165) is 37.1 Å². The number of pyridine rings is 1. The van der Waals surface area contributed by atoms with E-state index in [9.17, 15) is 14.4 Å². The molecule has 2 fully saturated rings. The van der Waals surface area contributed by atoms with Crippen LogP contribution in [0.3, 0.4) is 0 Å². The maximum atomic E-state index is 12.8. The van der Waals surface area contributed by atoms with Crippen LogP contribution in [0.2, 0.25) is 5.02 Å². The summed E-state index contributed by atoms with van der Waals surface area (Å²) in [5.41, 5.74) is 2.55. The fourth-order valence-electron chi connectivity index (χ4n) is 4.71. The first kappa shape index (κ1) is 22.6. The number of amides is 2. The van der Waals surface area contributed by atoms with Gasteiger partial charge in [-0.2, -0.15) is 0 Å². The van der Waals surface area contributed by atoms with Crippen molar-refractivity contribution in [3.8, 4) is 0 Å². The number of hydrogen-bond donors (Lipinski definition) is 1. The number of carbonyl (C=O) groups excluding carboxylic acids is 2. The van der Waals surface area contributed by atoms with E-state index in [0.29, 0.717) is 36.7 Å². The van der Waals surface area contributed by atoms with Crippen molar-refractivity contribution in [2.45, 2.75) is 44.1 Å². The van der Waals surface area contributed by atoms with E-state index in [1.807, 2.05) is 30.3 Å². The number of benzene rings is 1. The lowest BCUT2D eigenvalue weighted by Crippen LogP contribution is -2.39. The largest absolute Gasteiger partial charge is 0.383 e. The van der Waals surface area contributed by atoms with Crippen LogP contribution in [0.25, 0.3) is 0 Å². The molecule has 0 saturated carbocycles. The molecule has 2 amide bonds. The van der Waals surface area contributed by atoms with E-state index < -0.39 is 5.92 Å². The Kier molecular flexibility index (Phi) is 6.96. The average Bonchev–Trinajstić information content (AvgIpc) is 2.79. The third kappa shape index (κ3) is 4.59. The molecule has 2 aliphatic rings. The number of rotatable bonds is 6. The average molecular weight is 458 g/mol. The maximum Gasteiger partial charge on any atom is 0.274 e. The fraction of sp³-hybridized carbons (Fsp3) is 0.458. The van der Waals surface area contributed by atoms with Crippen LogP contribution in [0.4, 0.5) is 5.69 Å². The lowest BCUT2D eigenvalue weighted by atomic mass is 9.84. The number of aromatic nitrogens is 1. The summed E-state index contributed by atoms with van der Waals surface area (Å²) >= 11 is 6.78. The predicted molar refractivity (Wildman–Crippen MR) is 123 cm³/mol. The molecule has 1 N–H and O–H groups in total. The number of nitrogens with one attached hydrogen (secondary N) is 1. The van der Waals surface area contributed by atoms with Crippen LogP contribution >= 0.6 is 11.6 Å². The van der Waals surface area contributed by atoms with Gasteiger partial charge in [0.25, 0.3) is 5.56 Å². The third-order valence-corrected chi connectivity index (χ3v) is 6.92. The second-order valence-corrected chi connectivity index (χ2v) is 8.78. The monoisotopic (exact) mass is 457 g/mol. The highest BCUT2D eigenvalue weighted by Gasteiger charge is 2.31. The summed E-state index contributed by atoms with van der Waals surface area (Å²) in [5.74, 6) is -0.640. The molecule has 0 spiro atoms. The Morgan fingerprint density at radius 2 is 1.81 bits per heavy atom. The van der Waals surface area contributed by atoms with Crippen LogP contribution in [0.1, 0.15) is 48.6 Å². The zero-order chi connectivity index (χ0) is 22.7. The van der Waals surface area contributed by atoms with Crippen LogP contribution in [-0.4, -0.2) is 43.2 Å². The molecule has 8 heteroatoms. The number of halogens is 1. The van der Waals surface area contributed by atoms with Crippen LogP contribution in [0, 0.1) is 0 Å². The van der Waals surface area contributed by atoms with E-state index in [1.165, 1.54) is 0 Å². The van der Waals surface area contributed by atoms with Gasteiger partial charge in [-0.15, -0.1) is 0 Å². The minimum absolute atomic E-state index is 0.000822. The van der Waals surface area contributed by atoms with Gasteiger partial charge in [0.05, 0.1) is 12.5 Å². The van der Waals surface area contributed by atoms with Gasteiger partial charge in [0.1, 0.15) is 5.69 Å². The maximum absolute atomic E-state index is 12.8. The normalized spacial score (nSPS) is 19.8. The molecule has 32 heavy (non-hydrogen) atoms. The number of imide groups is 1. The number of piperidine rings is 2. The molecule has 1 atom stereocenters. The van der Waals surface area contributed by atoms with Gasteiger partial charge in [-0.1, -0.05) is 29.8 Å². The van der Waals surface area contributed by atoms with Gasteiger partial charge in [0, 0.05) is 44.4 Å². The number of carbonyl (C=O) groups is 2. The summed E-state index contributed by atoms with van der Waals surface area (Å²) in [4.78, 5) is 38.8. The molecular formula is C24H28ClN3O4. The van der Waals surface area contributed by atoms with Crippen LogP contribution in [-0.2, 0) is 20.9 Å². The molecule has 2 aliphatic heterocycles. The summed E-state index contributed by atoms with van der Waals surface area (Å²) in [6, 6.07) is 9.63. The van der Waals surface area contributed by atoms with Crippen molar-refractivity contribution in [1.29, 1.82) is 0 Å². The Morgan fingerprint density at radius 3 is 2.53 bits per heavy atom. The zero-order valence-electron chi connectivity index (χ0n) is 18.2. The standard InChI is InChI=1S/C24H28ClN3O4/c1-32-15-14-28-11-3-6-20(24(28)31)27-12-9-16(10-13-27)17-4-2-5-18(22(17)25)19-7-8-21(29)26-23(19)30/h2-6,11,16,19H,7-10,12-15H2,1H3,(H,26,29,30). The van der Waals surface area contributed by atoms with Crippen molar-refractivity contribution in [2.24, 2.45) is 0 Å². The molecule has 170 valence electrons. The molecule has 1 aromatic heterocycles. The summed E-state index contributed by atoms with van der Waals surface area (Å²) in [6.45, 7) is 2.54. The highest BCUT2D eigenvalue weighted by atomic mass is 35.5. The Bertz CT molecular complexity index is 1060. The number of methoxy groups -OCH3 is 1. The van der Waals surface area contributed by atoms with E-state index in [1.54, 1.807) is 17.9 Å². The van der Waals surface area contributed by atoms with E-state index in [2.05, 4.69) is 10.2 Å². The summed E-state index contributed by atoms with van der Waals surface area (Å²) in [5, 5.41) is 3.04. The molecule has 1 unspecified atom stereocenters. The predicted octanol–water partition coefficient (Wildman–Crippen LogP) is 3.05. The number of anilines is 1. The van der Waals surface area contributed by atoms with Gasteiger partial charge < -0.3 is 14.2 Å². The molecule has 4 rings (SSSR count). The smallest absolute Gasteiger partial charge is 0.274 e. The van der Waals surface area contributed by atoms with E-state index in [4.69, 9.17) is 16.3 Å². The summed E-state index contributed by atoms with van der Waals surface area (Å²) in [6.07, 6.45) is 4.33. The molecule has 0 bridgehead atoms. The lowest BCUT2D eigenvalue weighted by Gasteiger charge is -2.34. The number of ether oxygens (including phenoxy) is 1. The Labute approximate surface area is 192 Å². The first-order valence-corrected chi connectivity index (χ1v) is 11.4. The van der Waals surface area contributed by atoms with E-state index in [-0.39, 0.29) is 23.3 Å². The molecule has 1 aromatic carbocycles. The first-order valence-electron chi connectivity index (χ1n) is 11.0. The first-order chi connectivity index (χ1) is 15.5. The quantitative estimate of drug-likeness (QED) is 0.674. The van der Waals surface area contributed by atoms with Crippen molar-refractivity contribution in [2.75, 3.05) is 31.7 Å². The highest BCUT2D eigenvalue weighted by molar-refractivity contribution is 6.32. The Morgan fingerprint density at radius 1 is 1.06 bits per heavy atom. The van der Waals surface area contributed by atoms with Gasteiger partial charge in [-0.05, 0) is 48.4 Å². The topological polar surface area (TPSA) is 80.6 Å². The SMILES string of the molecule is COCCn1cccc(N2CCC(c3cccc(C4CCC(=O)NC4=O)c3Cl)CC2)c1=O. The van der Waals surface area contributed by atoms with E-state index >= 15 is 0 Å². The van der Waals surface area contributed by atoms with Gasteiger partial charge >= 0.3 is 0 Å². The zero-order valence-corrected chi connectivity index (χ0v) is 18.9. The Balaban J connectivity index is 1.48.